The van der Waals surface area contributed by atoms with Crippen LogP contribution in [-0.2, 0) is 18.5 Å². The van der Waals surface area contributed by atoms with E-state index in [2.05, 4.69) is 51.8 Å². The number of likely N-dealkylation sites (N-methyl/N-ethyl adjacent to an activating group) is 1. The Hall–Kier alpha value is -1.45. The molecule has 112 valence electrons. The number of pyridine rings is 1. The van der Waals surface area contributed by atoms with Crippen LogP contribution in [0.3, 0.4) is 0 Å². The Bertz CT molecular complexity index is 711. The number of nitrogens with zero attached hydrogens (tertiary/aromatic N) is 2. The lowest BCUT2D eigenvalue weighted by Gasteiger charge is -2.32. The zero-order valence-electron chi connectivity index (χ0n) is 13.7. The number of aromatic nitrogens is 1. The van der Waals surface area contributed by atoms with Gasteiger partial charge in [0, 0.05) is 36.1 Å². The van der Waals surface area contributed by atoms with Gasteiger partial charge in [0.1, 0.15) is 0 Å². The molecule has 3 heteroatoms. The number of hydrogen-bond acceptors (Lipinski definition) is 3. The number of fused-ring (bicyclic) bond motifs is 2. The first-order valence-electron chi connectivity index (χ1n) is 7.68. The SMILES string of the molecule is Cc1cc2nc3c(c(C(C)(C)N)c2cc1C)CN(C)CC3. The van der Waals surface area contributed by atoms with Crippen LogP contribution in [0.2, 0.25) is 0 Å². The summed E-state index contributed by atoms with van der Waals surface area (Å²) in [5, 5.41) is 1.22. The van der Waals surface area contributed by atoms with Crippen molar-refractivity contribution in [2.45, 2.75) is 46.2 Å². The van der Waals surface area contributed by atoms with Gasteiger partial charge < -0.3 is 10.6 Å². The van der Waals surface area contributed by atoms with Gasteiger partial charge in [-0.3, -0.25) is 4.98 Å². The van der Waals surface area contributed by atoms with Gasteiger partial charge in [-0.15, -0.1) is 0 Å². The van der Waals surface area contributed by atoms with E-state index in [0.717, 1.165) is 25.0 Å². The van der Waals surface area contributed by atoms with Crippen LogP contribution in [0.5, 0.6) is 0 Å². The van der Waals surface area contributed by atoms with Gasteiger partial charge in [-0.2, -0.15) is 0 Å². The molecule has 2 N–H and O–H groups in total. The highest BCUT2D eigenvalue weighted by molar-refractivity contribution is 5.86. The summed E-state index contributed by atoms with van der Waals surface area (Å²) in [6.07, 6.45) is 1.01. The first kappa shape index (κ1) is 14.5. The lowest BCUT2D eigenvalue weighted by molar-refractivity contribution is 0.306. The van der Waals surface area contributed by atoms with E-state index in [9.17, 15) is 0 Å². The van der Waals surface area contributed by atoms with E-state index in [1.165, 1.54) is 33.3 Å². The minimum atomic E-state index is -0.356. The second-order valence-electron chi connectivity index (χ2n) is 7.08. The van der Waals surface area contributed by atoms with Crippen LogP contribution in [-0.4, -0.2) is 23.5 Å². The minimum absolute atomic E-state index is 0.356. The van der Waals surface area contributed by atoms with Gasteiger partial charge in [0.05, 0.1) is 5.52 Å². The molecule has 0 unspecified atom stereocenters. The number of aryl methyl sites for hydroxylation is 2. The third-order valence-electron chi connectivity index (χ3n) is 4.59. The molecule has 0 saturated carbocycles. The molecule has 0 bridgehead atoms. The van der Waals surface area contributed by atoms with Crippen molar-refractivity contribution in [3.05, 3.63) is 40.1 Å². The number of hydrogen-bond donors (Lipinski definition) is 1. The average molecular weight is 283 g/mol. The molecular formula is C18H25N3. The van der Waals surface area contributed by atoms with E-state index in [1.807, 2.05) is 0 Å². The minimum Gasteiger partial charge on any atom is -0.322 e. The van der Waals surface area contributed by atoms with Gasteiger partial charge in [0.25, 0.3) is 0 Å². The zero-order valence-corrected chi connectivity index (χ0v) is 13.7. The first-order chi connectivity index (χ1) is 9.77. The van der Waals surface area contributed by atoms with Gasteiger partial charge in [0.15, 0.2) is 0 Å². The molecule has 0 saturated heterocycles. The molecule has 0 aliphatic carbocycles. The summed E-state index contributed by atoms with van der Waals surface area (Å²) in [6.45, 7) is 10.5. The molecule has 3 nitrogen and oxygen atoms in total. The molecule has 0 fully saturated rings. The lowest BCUT2D eigenvalue weighted by atomic mass is 9.84. The summed E-state index contributed by atoms with van der Waals surface area (Å²) in [6, 6.07) is 4.47. The number of rotatable bonds is 1. The first-order valence-corrected chi connectivity index (χ1v) is 7.68. The second kappa shape index (κ2) is 4.79. The molecular weight excluding hydrogens is 258 g/mol. The van der Waals surface area contributed by atoms with Crippen molar-refractivity contribution in [3.63, 3.8) is 0 Å². The molecule has 3 rings (SSSR count). The van der Waals surface area contributed by atoms with E-state index in [1.54, 1.807) is 0 Å². The summed E-state index contributed by atoms with van der Waals surface area (Å²) in [5.41, 5.74) is 13.7. The summed E-state index contributed by atoms with van der Waals surface area (Å²) in [4.78, 5) is 7.30. The summed E-state index contributed by atoms with van der Waals surface area (Å²) >= 11 is 0. The van der Waals surface area contributed by atoms with Crippen molar-refractivity contribution >= 4 is 10.9 Å². The average Bonchev–Trinajstić information content (AvgIpc) is 2.36. The summed E-state index contributed by atoms with van der Waals surface area (Å²) in [7, 11) is 2.17. The highest BCUT2D eigenvalue weighted by atomic mass is 15.1. The van der Waals surface area contributed by atoms with Gasteiger partial charge in [0.2, 0.25) is 0 Å². The van der Waals surface area contributed by atoms with Crippen LogP contribution in [0.4, 0.5) is 0 Å². The second-order valence-corrected chi connectivity index (χ2v) is 7.08. The summed E-state index contributed by atoms with van der Waals surface area (Å²) < 4.78 is 0. The molecule has 0 spiro atoms. The lowest BCUT2D eigenvalue weighted by Crippen LogP contribution is -2.35. The Morgan fingerprint density at radius 2 is 1.86 bits per heavy atom. The van der Waals surface area contributed by atoms with Gasteiger partial charge in [-0.25, -0.2) is 0 Å². The molecule has 0 radical (unpaired) electrons. The highest BCUT2D eigenvalue weighted by Crippen LogP contribution is 2.34. The highest BCUT2D eigenvalue weighted by Gasteiger charge is 2.27. The number of benzene rings is 1. The maximum absolute atomic E-state index is 6.53. The van der Waals surface area contributed by atoms with Crippen LogP contribution in [0.15, 0.2) is 12.1 Å². The molecule has 2 aromatic rings. The van der Waals surface area contributed by atoms with Crippen molar-refractivity contribution in [2.75, 3.05) is 13.6 Å². The molecule has 0 atom stereocenters. The standard InChI is InChI=1S/C18H25N3/c1-11-8-13-16(9-12(11)2)20-15-6-7-21(5)10-14(15)17(13)18(3,4)19/h8-9H,6-7,10,19H2,1-5H3. The normalized spacial score (nSPS) is 16.3. The van der Waals surface area contributed by atoms with Crippen LogP contribution < -0.4 is 5.73 Å². The Kier molecular flexibility index (Phi) is 3.30. The Morgan fingerprint density at radius 3 is 2.52 bits per heavy atom. The topological polar surface area (TPSA) is 42.1 Å². The molecule has 2 heterocycles. The molecule has 1 aliphatic heterocycles. The maximum Gasteiger partial charge on any atom is 0.0711 e. The monoisotopic (exact) mass is 283 g/mol. The Balaban J connectivity index is 2.40. The van der Waals surface area contributed by atoms with Crippen molar-refractivity contribution in [1.29, 1.82) is 0 Å². The third-order valence-corrected chi connectivity index (χ3v) is 4.59. The quantitative estimate of drug-likeness (QED) is 0.874. The van der Waals surface area contributed by atoms with E-state index < -0.39 is 0 Å². The summed E-state index contributed by atoms with van der Waals surface area (Å²) in [5.74, 6) is 0. The smallest absolute Gasteiger partial charge is 0.0711 e. The van der Waals surface area contributed by atoms with Crippen LogP contribution >= 0.6 is 0 Å². The molecule has 1 aromatic heterocycles. The fraction of sp³-hybridized carbons (Fsp3) is 0.500. The Morgan fingerprint density at radius 1 is 1.19 bits per heavy atom. The van der Waals surface area contributed by atoms with Crippen molar-refractivity contribution in [1.82, 2.24) is 9.88 Å². The fourth-order valence-electron chi connectivity index (χ4n) is 3.37. The van der Waals surface area contributed by atoms with Crippen LogP contribution in [0.25, 0.3) is 10.9 Å². The van der Waals surface area contributed by atoms with Crippen LogP contribution in [0.1, 0.15) is 41.8 Å². The third kappa shape index (κ3) is 2.45. The van der Waals surface area contributed by atoms with E-state index in [4.69, 9.17) is 10.7 Å². The van der Waals surface area contributed by atoms with Crippen molar-refractivity contribution < 1.29 is 0 Å². The predicted octanol–water partition coefficient (Wildman–Crippen LogP) is 3.03. The van der Waals surface area contributed by atoms with Gasteiger partial charge in [-0.05, 0) is 69.1 Å². The molecule has 21 heavy (non-hydrogen) atoms. The van der Waals surface area contributed by atoms with E-state index >= 15 is 0 Å². The maximum atomic E-state index is 6.53. The van der Waals surface area contributed by atoms with E-state index in [0.29, 0.717) is 0 Å². The van der Waals surface area contributed by atoms with Gasteiger partial charge >= 0.3 is 0 Å². The fourth-order valence-corrected chi connectivity index (χ4v) is 3.37. The van der Waals surface area contributed by atoms with Crippen LogP contribution in [0, 0.1) is 13.8 Å². The number of nitrogens with two attached hydrogens (primary N) is 1. The van der Waals surface area contributed by atoms with Crippen molar-refractivity contribution in [2.24, 2.45) is 5.73 Å². The van der Waals surface area contributed by atoms with E-state index in [-0.39, 0.29) is 5.54 Å². The molecule has 0 amide bonds. The molecule has 1 aliphatic rings. The van der Waals surface area contributed by atoms with Gasteiger partial charge in [-0.1, -0.05) is 0 Å². The Labute approximate surface area is 127 Å². The van der Waals surface area contributed by atoms with Crippen molar-refractivity contribution in [3.8, 4) is 0 Å². The molecule has 1 aromatic carbocycles. The zero-order chi connectivity index (χ0) is 15.4. The largest absolute Gasteiger partial charge is 0.322 e. The predicted molar refractivity (Wildman–Crippen MR) is 88.5 cm³/mol.